The highest BCUT2D eigenvalue weighted by Crippen LogP contribution is 2.29. The van der Waals surface area contributed by atoms with E-state index < -0.39 is 22.3 Å². The van der Waals surface area contributed by atoms with Crippen LogP contribution in [0.3, 0.4) is 0 Å². The maximum absolute atomic E-state index is 12.7. The number of amides is 1. The summed E-state index contributed by atoms with van der Waals surface area (Å²) in [4.78, 5) is 24.2. The lowest BCUT2D eigenvalue weighted by Crippen LogP contribution is -2.30. The fourth-order valence-corrected chi connectivity index (χ4v) is 2.74. The molecule has 0 atom stereocenters. The zero-order valence-electron chi connectivity index (χ0n) is 13.5. The lowest BCUT2D eigenvalue weighted by atomic mass is 10.1. The highest BCUT2D eigenvalue weighted by atomic mass is 32.1. The summed E-state index contributed by atoms with van der Waals surface area (Å²) in [5.74, 6) is -0.194. The topological polar surface area (TPSA) is 105 Å². The van der Waals surface area contributed by atoms with Crippen LogP contribution in [0.4, 0.5) is 11.4 Å². The summed E-state index contributed by atoms with van der Waals surface area (Å²) in [6.07, 6.45) is 1.44. The van der Waals surface area contributed by atoms with Crippen LogP contribution in [0.2, 0.25) is 0 Å². The van der Waals surface area contributed by atoms with Crippen LogP contribution in [0.1, 0.15) is 5.56 Å². The minimum Gasteiger partial charge on any atom is -0.502 e. The molecule has 0 spiro atoms. The van der Waals surface area contributed by atoms with E-state index in [-0.39, 0.29) is 10.8 Å². The van der Waals surface area contributed by atoms with Gasteiger partial charge in [0, 0.05) is 6.07 Å². The predicted molar refractivity (Wildman–Crippen MR) is 99.0 cm³/mol. The van der Waals surface area contributed by atoms with Crippen molar-refractivity contribution in [3.05, 3.63) is 63.8 Å². The molecule has 0 saturated carbocycles. The number of aromatic hydroxyl groups is 1. The summed E-state index contributed by atoms with van der Waals surface area (Å²) in [7, 11) is 1.54. The molecule has 3 rings (SSSR count). The molecule has 0 radical (unpaired) electrons. The Kier molecular flexibility index (Phi) is 4.55. The fourth-order valence-electron chi connectivity index (χ4n) is 2.44. The monoisotopic (exact) mass is 371 g/mol. The zero-order valence-corrected chi connectivity index (χ0v) is 14.3. The minimum atomic E-state index is -0.699. The third-order valence-corrected chi connectivity index (χ3v) is 4.00. The van der Waals surface area contributed by atoms with Crippen molar-refractivity contribution < 1.29 is 19.6 Å². The van der Waals surface area contributed by atoms with Crippen LogP contribution in [0, 0.1) is 10.1 Å². The third kappa shape index (κ3) is 3.20. The van der Waals surface area contributed by atoms with Crippen LogP contribution < -0.4 is 15.0 Å². The molecule has 26 heavy (non-hydrogen) atoms. The third-order valence-electron chi connectivity index (χ3n) is 3.72. The van der Waals surface area contributed by atoms with Crippen molar-refractivity contribution in [1.82, 2.24) is 5.32 Å². The number of benzene rings is 2. The average molecular weight is 371 g/mol. The number of carbonyl (C=O) groups excluding carboxylic acids is 1. The van der Waals surface area contributed by atoms with Gasteiger partial charge in [-0.15, -0.1) is 0 Å². The van der Waals surface area contributed by atoms with E-state index in [1.807, 2.05) is 0 Å². The average Bonchev–Trinajstić information content (AvgIpc) is 2.90. The van der Waals surface area contributed by atoms with Crippen molar-refractivity contribution in [2.75, 3.05) is 12.0 Å². The van der Waals surface area contributed by atoms with Crippen molar-refractivity contribution in [2.45, 2.75) is 0 Å². The number of anilines is 1. The van der Waals surface area contributed by atoms with Gasteiger partial charge in [0.2, 0.25) is 0 Å². The molecule has 0 bridgehead atoms. The molecule has 1 fully saturated rings. The van der Waals surface area contributed by atoms with E-state index in [4.69, 9.17) is 17.0 Å². The first-order chi connectivity index (χ1) is 12.4. The summed E-state index contributed by atoms with van der Waals surface area (Å²) in [5.41, 5.74) is 0.670. The summed E-state index contributed by atoms with van der Waals surface area (Å²) in [6, 6.07) is 10.6. The van der Waals surface area contributed by atoms with Crippen LogP contribution in [0.5, 0.6) is 11.5 Å². The van der Waals surface area contributed by atoms with Crippen LogP contribution in [0.15, 0.2) is 48.2 Å². The number of nitro groups is 1. The van der Waals surface area contributed by atoms with Gasteiger partial charge in [0.1, 0.15) is 11.4 Å². The maximum atomic E-state index is 12.7. The van der Waals surface area contributed by atoms with Crippen LogP contribution >= 0.6 is 12.2 Å². The van der Waals surface area contributed by atoms with Crippen LogP contribution in [0.25, 0.3) is 6.08 Å². The summed E-state index contributed by atoms with van der Waals surface area (Å²) < 4.78 is 5.09. The Morgan fingerprint density at radius 1 is 1.27 bits per heavy atom. The molecular weight excluding hydrogens is 358 g/mol. The second-order valence-corrected chi connectivity index (χ2v) is 5.72. The number of phenols is 1. The van der Waals surface area contributed by atoms with Gasteiger partial charge in [0.05, 0.1) is 17.7 Å². The number of carbonyl (C=O) groups is 1. The summed E-state index contributed by atoms with van der Waals surface area (Å²) in [5, 5.41) is 23.4. The van der Waals surface area contributed by atoms with E-state index in [0.29, 0.717) is 17.0 Å². The Bertz CT molecular complexity index is 940. The molecule has 2 aromatic carbocycles. The fraction of sp³-hybridized carbons (Fsp3) is 0.0588. The molecule has 1 heterocycles. The Morgan fingerprint density at radius 3 is 2.58 bits per heavy atom. The molecule has 132 valence electrons. The van der Waals surface area contributed by atoms with Crippen molar-refractivity contribution in [3.63, 3.8) is 0 Å². The van der Waals surface area contributed by atoms with E-state index in [2.05, 4.69) is 5.32 Å². The van der Waals surface area contributed by atoms with Gasteiger partial charge < -0.3 is 15.2 Å². The van der Waals surface area contributed by atoms with Crippen molar-refractivity contribution in [3.8, 4) is 11.5 Å². The molecule has 0 aromatic heterocycles. The first-order valence-electron chi connectivity index (χ1n) is 7.39. The standard InChI is InChI=1S/C17H13N3O5S/c1-25-12-5-3-11(4-6-12)19-16(22)13(18-17(19)26)8-10-2-7-15(21)14(9-10)20(23)24/h2-9,21H,1H3,(H,18,26)/b13-8+. The number of nitrogens with one attached hydrogen (secondary N) is 1. The first kappa shape index (κ1) is 17.4. The van der Waals surface area contributed by atoms with Crippen molar-refractivity contribution in [2.24, 2.45) is 0 Å². The smallest absolute Gasteiger partial charge is 0.311 e. The Morgan fingerprint density at radius 2 is 1.96 bits per heavy atom. The molecule has 2 N–H and O–H groups in total. The Labute approximate surface area is 153 Å². The summed E-state index contributed by atoms with van der Waals surface area (Å²) in [6.45, 7) is 0. The quantitative estimate of drug-likeness (QED) is 0.368. The van der Waals surface area contributed by atoms with Crippen molar-refractivity contribution in [1.29, 1.82) is 0 Å². The lowest BCUT2D eigenvalue weighted by molar-refractivity contribution is -0.385. The number of hydrogen-bond acceptors (Lipinski definition) is 6. The van der Waals surface area contributed by atoms with Gasteiger partial charge in [-0.2, -0.15) is 0 Å². The molecule has 0 unspecified atom stereocenters. The molecule has 1 aliphatic heterocycles. The summed E-state index contributed by atoms with van der Waals surface area (Å²) >= 11 is 5.22. The number of hydrogen-bond donors (Lipinski definition) is 2. The van der Waals surface area contributed by atoms with Crippen LogP contribution in [-0.4, -0.2) is 28.2 Å². The predicted octanol–water partition coefficient (Wildman–Crippen LogP) is 2.57. The Balaban J connectivity index is 1.92. The van der Waals surface area contributed by atoms with Gasteiger partial charge in [-0.05, 0) is 54.2 Å². The zero-order chi connectivity index (χ0) is 18.8. The number of nitro benzene ring substituents is 1. The molecular formula is C17H13N3O5S. The largest absolute Gasteiger partial charge is 0.502 e. The second-order valence-electron chi connectivity index (χ2n) is 5.33. The molecule has 2 aromatic rings. The SMILES string of the molecule is COc1ccc(N2C(=O)/C(=C\c3ccc(O)c([N+](=O)[O-])c3)NC2=S)cc1. The van der Waals surface area contributed by atoms with Gasteiger partial charge in [0.15, 0.2) is 10.9 Å². The first-order valence-corrected chi connectivity index (χ1v) is 7.80. The minimum absolute atomic E-state index is 0.172. The number of phenolic OH excluding ortho intramolecular Hbond substituents is 1. The van der Waals surface area contributed by atoms with E-state index in [1.165, 1.54) is 29.2 Å². The van der Waals surface area contributed by atoms with E-state index in [9.17, 15) is 20.0 Å². The van der Waals surface area contributed by atoms with Gasteiger partial charge in [-0.1, -0.05) is 6.07 Å². The lowest BCUT2D eigenvalue weighted by Gasteiger charge is -2.14. The van der Waals surface area contributed by atoms with E-state index in [0.717, 1.165) is 0 Å². The number of thiocarbonyl (C=S) groups is 1. The van der Waals surface area contributed by atoms with E-state index >= 15 is 0 Å². The molecule has 1 aliphatic rings. The second kappa shape index (κ2) is 6.81. The molecule has 0 aliphatic carbocycles. The van der Waals surface area contributed by atoms with Gasteiger partial charge >= 0.3 is 5.69 Å². The highest BCUT2D eigenvalue weighted by molar-refractivity contribution is 7.80. The number of rotatable bonds is 4. The highest BCUT2D eigenvalue weighted by Gasteiger charge is 2.32. The molecule has 8 nitrogen and oxygen atoms in total. The molecule has 1 saturated heterocycles. The number of ether oxygens (including phenoxy) is 1. The van der Waals surface area contributed by atoms with Crippen molar-refractivity contribution >= 4 is 40.7 Å². The van der Waals surface area contributed by atoms with Gasteiger partial charge in [-0.25, -0.2) is 0 Å². The maximum Gasteiger partial charge on any atom is 0.311 e. The number of methoxy groups -OCH3 is 1. The van der Waals surface area contributed by atoms with Gasteiger partial charge in [-0.3, -0.25) is 19.8 Å². The normalized spacial score (nSPS) is 15.3. The number of nitrogens with zero attached hydrogens (tertiary/aromatic N) is 2. The molecule has 9 heteroatoms. The van der Waals surface area contributed by atoms with Crippen LogP contribution in [-0.2, 0) is 4.79 Å². The van der Waals surface area contributed by atoms with Gasteiger partial charge in [0.25, 0.3) is 5.91 Å². The molecule has 1 amide bonds. The Hall–Kier alpha value is -3.46. The van der Waals surface area contributed by atoms with E-state index in [1.54, 1.807) is 31.4 Å².